The first-order valence-corrected chi connectivity index (χ1v) is 11.7. The predicted molar refractivity (Wildman–Crippen MR) is 141 cm³/mol. The summed E-state index contributed by atoms with van der Waals surface area (Å²) in [6, 6.07) is 34.7. The van der Waals surface area contributed by atoms with E-state index in [-0.39, 0.29) is 0 Å². The van der Waals surface area contributed by atoms with E-state index in [0.717, 1.165) is 11.4 Å². The summed E-state index contributed by atoms with van der Waals surface area (Å²) in [5, 5.41) is 0. The normalized spacial score (nSPS) is 10.9. The molecule has 2 heterocycles. The second kappa shape index (κ2) is 9.07. The molecule has 0 radical (unpaired) electrons. The van der Waals surface area contributed by atoms with Crippen LogP contribution in [-0.2, 0) is 7.05 Å². The molecule has 0 amide bonds. The fourth-order valence-corrected chi connectivity index (χ4v) is 4.96. The summed E-state index contributed by atoms with van der Waals surface area (Å²) in [6.07, 6.45) is 2.17. The molecule has 0 spiro atoms. The third-order valence-electron chi connectivity index (χ3n) is 6.45. The van der Waals surface area contributed by atoms with Gasteiger partial charge in [0.25, 0.3) is 0 Å². The lowest BCUT2D eigenvalue weighted by atomic mass is 9.87. The van der Waals surface area contributed by atoms with Crippen molar-refractivity contribution in [2.24, 2.45) is 7.05 Å². The van der Waals surface area contributed by atoms with Crippen LogP contribution in [0.3, 0.4) is 0 Å². The second-order valence-corrected chi connectivity index (χ2v) is 8.91. The van der Waals surface area contributed by atoms with Crippen LogP contribution in [0, 0.1) is 20.8 Å². The minimum atomic E-state index is 1.05. The summed E-state index contributed by atoms with van der Waals surface area (Å²) in [6.45, 7) is 6.34. The zero-order valence-corrected chi connectivity index (χ0v) is 20.2. The topological polar surface area (TPSA) is 16.8 Å². The molecule has 5 aromatic rings. The van der Waals surface area contributed by atoms with Gasteiger partial charge < -0.3 is 0 Å². The summed E-state index contributed by atoms with van der Waals surface area (Å²) in [5.41, 5.74) is 13.1. The number of pyridine rings is 2. The Morgan fingerprint density at radius 1 is 0.588 bits per heavy atom. The quantitative estimate of drug-likeness (QED) is 0.264. The Kier molecular flexibility index (Phi) is 5.81. The molecule has 0 aliphatic carbocycles. The molecule has 2 heteroatoms. The third-order valence-corrected chi connectivity index (χ3v) is 6.45. The van der Waals surface area contributed by atoms with E-state index in [4.69, 9.17) is 4.98 Å². The molecule has 0 saturated heterocycles. The molecule has 3 aromatic carbocycles. The molecule has 0 atom stereocenters. The van der Waals surface area contributed by atoms with Gasteiger partial charge in [-0.15, -0.1) is 0 Å². The molecule has 0 aliphatic heterocycles. The van der Waals surface area contributed by atoms with Crippen molar-refractivity contribution in [2.45, 2.75) is 20.8 Å². The number of nitrogens with zero attached hydrogens (tertiary/aromatic N) is 2. The lowest BCUT2D eigenvalue weighted by Crippen LogP contribution is -2.31. The molecule has 34 heavy (non-hydrogen) atoms. The molecule has 0 bridgehead atoms. The number of aryl methyl sites for hydroxylation is 4. The highest BCUT2D eigenvalue weighted by Gasteiger charge is 2.21. The maximum atomic E-state index is 4.77. The highest BCUT2D eigenvalue weighted by molar-refractivity contribution is 5.95. The van der Waals surface area contributed by atoms with Gasteiger partial charge in [-0.2, -0.15) is 0 Å². The number of aromatic nitrogens is 2. The minimum Gasteiger partial charge on any atom is -0.258 e. The van der Waals surface area contributed by atoms with Crippen LogP contribution in [0.2, 0.25) is 0 Å². The lowest BCUT2D eigenvalue weighted by molar-refractivity contribution is -0.660. The molecule has 2 nitrogen and oxygen atoms in total. The van der Waals surface area contributed by atoms with Crippen LogP contribution >= 0.6 is 0 Å². The zero-order valence-electron chi connectivity index (χ0n) is 20.2. The van der Waals surface area contributed by atoms with Crippen LogP contribution in [0.25, 0.3) is 44.6 Å². The van der Waals surface area contributed by atoms with Crippen molar-refractivity contribution < 1.29 is 4.57 Å². The van der Waals surface area contributed by atoms with Gasteiger partial charge >= 0.3 is 0 Å². The van der Waals surface area contributed by atoms with Crippen molar-refractivity contribution >= 4 is 0 Å². The maximum absolute atomic E-state index is 4.77. The Bertz CT molecular complexity index is 1390. The Labute approximate surface area is 202 Å². The summed E-state index contributed by atoms with van der Waals surface area (Å²) >= 11 is 0. The lowest BCUT2D eigenvalue weighted by Gasteiger charge is -2.17. The van der Waals surface area contributed by atoms with Crippen LogP contribution < -0.4 is 4.57 Å². The van der Waals surface area contributed by atoms with Crippen LogP contribution in [0.15, 0.2) is 103 Å². The SMILES string of the molecule is Cc1cc(C)c(-c2cc(-c3c(-c4ccccc4)cccc3-c3ccccc3)cc[n+]2C)c(C)n1. The second-order valence-electron chi connectivity index (χ2n) is 8.91. The number of rotatable bonds is 4. The molecule has 0 N–H and O–H groups in total. The van der Waals surface area contributed by atoms with Gasteiger partial charge in [0, 0.05) is 17.8 Å². The summed E-state index contributed by atoms with van der Waals surface area (Å²) in [4.78, 5) is 4.77. The van der Waals surface area contributed by atoms with E-state index < -0.39 is 0 Å². The third kappa shape index (κ3) is 4.04. The zero-order chi connectivity index (χ0) is 23.7. The molecule has 0 aliphatic rings. The van der Waals surface area contributed by atoms with Gasteiger partial charge in [-0.1, -0.05) is 78.9 Å². The Balaban J connectivity index is 1.80. The van der Waals surface area contributed by atoms with E-state index in [2.05, 4.69) is 136 Å². The van der Waals surface area contributed by atoms with E-state index >= 15 is 0 Å². The highest BCUT2D eigenvalue weighted by atomic mass is 14.9. The van der Waals surface area contributed by atoms with Gasteiger partial charge in [0.05, 0.1) is 11.3 Å². The monoisotopic (exact) mass is 441 g/mol. The number of hydrogen-bond acceptors (Lipinski definition) is 1. The number of benzene rings is 3. The molecule has 0 unspecified atom stereocenters. The van der Waals surface area contributed by atoms with Crippen LogP contribution in [0.1, 0.15) is 17.0 Å². The first-order valence-electron chi connectivity index (χ1n) is 11.7. The van der Waals surface area contributed by atoms with Gasteiger partial charge in [0.2, 0.25) is 5.69 Å². The molecule has 166 valence electrons. The van der Waals surface area contributed by atoms with Crippen LogP contribution in [0.5, 0.6) is 0 Å². The summed E-state index contributed by atoms with van der Waals surface area (Å²) < 4.78 is 2.20. The van der Waals surface area contributed by atoms with Crippen LogP contribution in [0.4, 0.5) is 0 Å². The molecule has 0 saturated carbocycles. The Morgan fingerprint density at radius 2 is 1.18 bits per heavy atom. The summed E-state index contributed by atoms with van der Waals surface area (Å²) in [5.74, 6) is 0. The first-order chi connectivity index (χ1) is 16.5. The minimum absolute atomic E-state index is 1.05. The average molecular weight is 442 g/mol. The van der Waals surface area contributed by atoms with Crippen molar-refractivity contribution in [1.29, 1.82) is 0 Å². The first kappa shape index (κ1) is 21.8. The fourth-order valence-electron chi connectivity index (χ4n) is 4.96. The van der Waals surface area contributed by atoms with Gasteiger partial charge in [-0.05, 0) is 65.8 Å². The predicted octanol–water partition coefficient (Wildman–Crippen LogP) is 7.50. The Morgan fingerprint density at radius 3 is 1.74 bits per heavy atom. The van der Waals surface area contributed by atoms with Gasteiger partial charge in [-0.25, -0.2) is 4.57 Å². The van der Waals surface area contributed by atoms with E-state index in [0.29, 0.717) is 0 Å². The van der Waals surface area contributed by atoms with Gasteiger partial charge in [-0.3, -0.25) is 4.98 Å². The highest BCUT2D eigenvalue weighted by Crippen LogP contribution is 2.40. The van der Waals surface area contributed by atoms with Gasteiger partial charge in [0.15, 0.2) is 6.20 Å². The smallest absolute Gasteiger partial charge is 0.214 e. The average Bonchev–Trinajstić information content (AvgIpc) is 2.85. The van der Waals surface area contributed by atoms with Crippen molar-refractivity contribution in [2.75, 3.05) is 0 Å². The van der Waals surface area contributed by atoms with E-state index in [9.17, 15) is 0 Å². The van der Waals surface area contributed by atoms with Crippen LogP contribution in [-0.4, -0.2) is 4.98 Å². The fraction of sp³-hybridized carbons (Fsp3) is 0.125. The molecule has 5 rings (SSSR count). The van der Waals surface area contributed by atoms with Crippen molar-refractivity contribution in [3.05, 3.63) is 120 Å². The van der Waals surface area contributed by atoms with E-state index in [1.807, 2.05) is 0 Å². The largest absolute Gasteiger partial charge is 0.258 e. The van der Waals surface area contributed by atoms with Crippen molar-refractivity contribution in [3.63, 3.8) is 0 Å². The van der Waals surface area contributed by atoms with E-state index in [1.54, 1.807) is 0 Å². The maximum Gasteiger partial charge on any atom is 0.214 e. The van der Waals surface area contributed by atoms with E-state index in [1.165, 1.54) is 50.2 Å². The standard InChI is InChI=1S/C32H29N2/c1-22-20-23(2)33-24(3)31(22)30-21-27(18-19-34(30)4)32-28(25-12-7-5-8-13-25)16-11-17-29(32)26-14-9-6-10-15-26/h5-21H,1-4H3/q+1. The van der Waals surface area contributed by atoms with Crippen molar-refractivity contribution in [1.82, 2.24) is 4.98 Å². The molecule has 0 fully saturated rings. The van der Waals surface area contributed by atoms with Crippen molar-refractivity contribution in [3.8, 4) is 44.6 Å². The molecular formula is C32H29N2+. The molecule has 2 aromatic heterocycles. The summed E-state index contributed by atoms with van der Waals surface area (Å²) in [7, 11) is 2.11. The Hall–Kier alpha value is -4.04. The number of hydrogen-bond donors (Lipinski definition) is 0. The van der Waals surface area contributed by atoms with Gasteiger partial charge in [0.1, 0.15) is 7.05 Å². The molecular weight excluding hydrogens is 412 g/mol.